The predicted octanol–water partition coefficient (Wildman–Crippen LogP) is 2.79. The Bertz CT molecular complexity index is 1020. The van der Waals surface area contributed by atoms with Gasteiger partial charge in [-0.15, -0.1) is 0 Å². The number of phenols is 3. The van der Waals surface area contributed by atoms with Crippen molar-refractivity contribution >= 4 is 17.0 Å². The lowest BCUT2D eigenvalue weighted by atomic mass is 10.1. The van der Waals surface area contributed by atoms with Crippen molar-refractivity contribution in [3.8, 4) is 28.5 Å². The van der Waals surface area contributed by atoms with Crippen LogP contribution in [0.4, 0.5) is 4.79 Å². The second-order valence-electron chi connectivity index (χ2n) is 5.30. The molecule has 0 aliphatic heterocycles. The lowest BCUT2D eigenvalue weighted by Crippen LogP contribution is -2.20. The van der Waals surface area contributed by atoms with E-state index in [0.29, 0.717) is 5.56 Å². The molecule has 0 bridgehead atoms. The van der Waals surface area contributed by atoms with Gasteiger partial charge in [0.25, 0.3) is 0 Å². The number of hydrogen-bond acceptors (Lipinski definition) is 6. The number of ether oxygens (including phenoxy) is 1. The first-order chi connectivity index (χ1) is 11.9. The number of phenolic OH excluding ortho intramolecular Hbond substituents is 3. The molecule has 0 aliphatic rings. The van der Waals surface area contributed by atoms with Gasteiger partial charge < -0.3 is 20.1 Å². The Balaban J connectivity index is 2.46. The molecule has 0 spiro atoms. The lowest BCUT2D eigenvalue weighted by Gasteiger charge is -2.16. The van der Waals surface area contributed by atoms with Crippen LogP contribution in [0.1, 0.15) is 6.92 Å². The van der Waals surface area contributed by atoms with Gasteiger partial charge in [-0.1, -0.05) is 0 Å². The summed E-state index contributed by atoms with van der Waals surface area (Å²) in [5.74, 6) is -0.679. The van der Waals surface area contributed by atoms with Crippen LogP contribution < -0.4 is 5.43 Å². The Morgan fingerprint density at radius 1 is 1.04 bits per heavy atom. The zero-order valence-corrected chi connectivity index (χ0v) is 13.3. The van der Waals surface area contributed by atoms with Gasteiger partial charge in [-0.3, -0.25) is 4.79 Å². The maximum Gasteiger partial charge on any atom is 0.419 e. The molecule has 0 fully saturated rings. The molecule has 0 atom stereocenters. The molecule has 25 heavy (non-hydrogen) atoms. The monoisotopic (exact) mass is 341 g/mol. The Morgan fingerprint density at radius 3 is 2.32 bits per heavy atom. The first kappa shape index (κ1) is 16.4. The number of aromatic nitrogens is 1. The summed E-state index contributed by atoms with van der Waals surface area (Å²) in [5.41, 5.74) is -0.0921. The van der Waals surface area contributed by atoms with E-state index < -0.39 is 11.5 Å². The fraction of sp³-hybridized carbons (Fsp3) is 0.111. The van der Waals surface area contributed by atoms with Gasteiger partial charge in [-0.05, 0) is 48.9 Å². The maximum absolute atomic E-state index is 12.5. The first-order valence-corrected chi connectivity index (χ1v) is 7.51. The summed E-state index contributed by atoms with van der Waals surface area (Å²) >= 11 is 0. The van der Waals surface area contributed by atoms with Gasteiger partial charge in [0, 0.05) is 6.07 Å². The van der Waals surface area contributed by atoms with Gasteiger partial charge in [-0.25, -0.2) is 9.36 Å². The molecule has 0 amide bonds. The van der Waals surface area contributed by atoms with Crippen LogP contribution in [0.5, 0.6) is 17.2 Å². The van der Waals surface area contributed by atoms with Gasteiger partial charge in [-0.2, -0.15) is 0 Å². The molecule has 1 heterocycles. The molecule has 0 radical (unpaired) electrons. The van der Waals surface area contributed by atoms with Crippen molar-refractivity contribution in [1.29, 1.82) is 0 Å². The van der Waals surface area contributed by atoms with Crippen molar-refractivity contribution in [3.63, 3.8) is 0 Å². The highest BCUT2D eigenvalue weighted by Gasteiger charge is 2.21. The van der Waals surface area contributed by atoms with Crippen LogP contribution in [-0.4, -0.2) is 32.6 Å². The molecule has 1 aromatic heterocycles. The molecule has 3 aromatic rings. The highest BCUT2D eigenvalue weighted by molar-refractivity contribution is 5.98. The average molecular weight is 341 g/mol. The zero-order valence-electron chi connectivity index (χ0n) is 13.3. The average Bonchev–Trinajstić information content (AvgIpc) is 2.58. The summed E-state index contributed by atoms with van der Waals surface area (Å²) in [5, 5.41) is 29.5. The molecule has 7 nitrogen and oxygen atoms in total. The maximum atomic E-state index is 12.5. The Hall–Kier alpha value is -3.48. The van der Waals surface area contributed by atoms with Gasteiger partial charge in [0.05, 0.1) is 17.7 Å². The molecule has 3 N–H and O–H groups in total. The Kier molecular flexibility index (Phi) is 4.06. The minimum atomic E-state index is -0.809. The molecule has 3 rings (SSSR count). The van der Waals surface area contributed by atoms with Crippen LogP contribution in [-0.2, 0) is 4.74 Å². The van der Waals surface area contributed by atoms with E-state index in [1.165, 1.54) is 42.5 Å². The number of carbonyl (C=O) groups excluding carboxylic acids is 1. The lowest BCUT2D eigenvalue weighted by molar-refractivity contribution is 0.155. The highest BCUT2D eigenvalue weighted by Crippen LogP contribution is 2.33. The Morgan fingerprint density at radius 2 is 1.68 bits per heavy atom. The fourth-order valence-electron chi connectivity index (χ4n) is 2.64. The smallest absolute Gasteiger partial charge is 0.419 e. The number of carbonyl (C=O) groups is 1. The van der Waals surface area contributed by atoms with Crippen molar-refractivity contribution in [1.82, 2.24) is 4.57 Å². The van der Waals surface area contributed by atoms with Gasteiger partial charge in [0.1, 0.15) is 22.8 Å². The normalized spacial score (nSPS) is 10.8. The summed E-state index contributed by atoms with van der Waals surface area (Å²) in [6.07, 6.45) is -0.809. The first-order valence-electron chi connectivity index (χ1n) is 7.51. The van der Waals surface area contributed by atoms with Crippen molar-refractivity contribution in [2.24, 2.45) is 0 Å². The van der Waals surface area contributed by atoms with Crippen molar-refractivity contribution in [2.75, 3.05) is 6.61 Å². The van der Waals surface area contributed by atoms with Gasteiger partial charge in [0.2, 0.25) is 0 Å². The third kappa shape index (κ3) is 2.76. The SMILES string of the molecule is CCOC(=O)n1c(-c2ccc(O)cc2)cc(=O)c2c(O)ccc(O)c21. The highest BCUT2D eigenvalue weighted by atomic mass is 16.5. The molecule has 2 aromatic carbocycles. The van der Waals surface area contributed by atoms with Crippen LogP contribution >= 0.6 is 0 Å². The number of hydrogen-bond donors (Lipinski definition) is 3. The van der Waals surface area contributed by atoms with E-state index in [1.54, 1.807) is 6.92 Å². The summed E-state index contributed by atoms with van der Waals surface area (Å²) in [7, 11) is 0. The largest absolute Gasteiger partial charge is 0.508 e. The van der Waals surface area contributed by atoms with Crippen LogP contribution in [0.2, 0.25) is 0 Å². The van der Waals surface area contributed by atoms with E-state index in [2.05, 4.69) is 0 Å². The molecule has 0 unspecified atom stereocenters. The molecule has 128 valence electrons. The molecule has 7 heteroatoms. The summed E-state index contributed by atoms with van der Waals surface area (Å²) in [6.45, 7) is 1.71. The molecule has 0 saturated heterocycles. The predicted molar refractivity (Wildman–Crippen MR) is 91.1 cm³/mol. The quantitative estimate of drug-likeness (QED) is 0.619. The van der Waals surface area contributed by atoms with Crippen LogP contribution in [0.15, 0.2) is 47.3 Å². The number of pyridine rings is 1. The topological polar surface area (TPSA) is 109 Å². The summed E-state index contributed by atoms with van der Waals surface area (Å²) < 4.78 is 6.07. The van der Waals surface area contributed by atoms with E-state index in [4.69, 9.17) is 4.74 Å². The minimum absolute atomic E-state index is 0.0232. The van der Waals surface area contributed by atoms with E-state index in [9.17, 15) is 24.9 Å². The number of nitrogens with zero attached hydrogens (tertiary/aromatic N) is 1. The third-order valence-corrected chi connectivity index (χ3v) is 3.73. The molecular weight excluding hydrogens is 326 g/mol. The molecule has 0 aliphatic carbocycles. The van der Waals surface area contributed by atoms with Gasteiger partial charge >= 0.3 is 6.09 Å². The number of aromatic hydroxyl groups is 3. The third-order valence-electron chi connectivity index (χ3n) is 3.73. The second kappa shape index (κ2) is 6.20. The van der Waals surface area contributed by atoms with E-state index in [-0.39, 0.29) is 40.5 Å². The summed E-state index contributed by atoms with van der Waals surface area (Å²) in [4.78, 5) is 25.0. The van der Waals surface area contributed by atoms with Crippen LogP contribution in [0.3, 0.4) is 0 Å². The van der Waals surface area contributed by atoms with Crippen molar-refractivity contribution in [3.05, 3.63) is 52.7 Å². The fourth-order valence-corrected chi connectivity index (χ4v) is 2.64. The molecular formula is C18H15NO6. The standard InChI is InChI=1S/C18H15NO6/c1-2-25-18(24)19-12(10-3-5-11(20)6-4-10)9-15(23)16-13(21)7-8-14(22)17(16)19/h3-9,20-22H,2H2,1H3. The minimum Gasteiger partial charge on any atom is -0.508 e. The van der Waals surface area contributed by atoms with E-state index in [1.807, 2.05) is 0 Å². The van der Waals surface area contributed by atoms with Gasteiger partial charge in [0.15, 0.2) is 5.43 Å². The number of benzene rings is 2. The second-order valence-corrected chi connectivity index (χ2v) is 5.30. The zero-order chi connectivity index (χ0) is 18.1. The van der Waals surface area contributed by atoms with E-state index >= 15 is 0 Å². The Labute approximate surface area is 142 Å². The number of rotatable bonds is 2. The number of fused-ring (bicyclic) bond motifs is 1. The van der Waals surface area contributed by atoms with Crippen LogP contribution in [0.25, 0.3) is 22.2 Å². The van der Waals surface area contributed by atoms with Crippen molar-refractivity contribution < 1.29 is 24.9 Å². The van der Waals surface area contributed by atoms with Crippen molar-refractivity contribution in [2.45, 2.75) is 6.92 Å². The van der Waals surface area contributed by atoms with Crippen LogP contribution in [0, 0.1) is 0 Å². The molecule has 0 saturated carbocycles. The summed E-state index contributed by atoms with van der Waals surface area (Å²) in [6, 6.07) is 9.38. The van der Waals surface area contributed by atoms with E-state index in [0.717, 1.165) is 4.57 Å².